The Bertz CT molecular complexity index is 1750. The molecule has 7 aliphatic rings. The van der Waals surface area contributed by atoms with Gasteiger partial charge in [-0.05, 0) is 65.7 Å². The second kappa shape index (κ2) is 7.55. The van der Waals surface area contributed by atoms with Crippen LogP contribution in [-0.4, -0.2) is 39.7 Å². The second-order valence-corrected chi connectivity index (χ2v) is 10.1. The van der Waals surface area contributed by atoms with E-state index in [9.17, 15) is 14.4 Å². The number of hydrogen-bond donors (Lipinski definition) is 0. The average Bonchev–Trinajstić information content (AvgIpc) is 2.93. The highest BCUT2D eigenvalue weighted by Crippen LogP contribution is 2.42. The van der Waals surface area contributed by atoms with Crippen molar-refractivity contribution in [3.63, 3.8) is 0 Å². The molecule has 5 aliphatic heterocycles. The standard InChI is InChI=1S/C31H20N2O5/c34-27(23-15-19-13-17-5-1-9-32-11-3-7-21(25(17)32)28(19)37-30(23)35)24-16-20-14-18-6-2-10-33-12-4-8-22(26(18)33)29(20)38-31(24)36/h1-13,15-16,25-26,28H,14H2. The number of carbonyl (C=O) groups excluding carboxylic acids is 2. The van der Waals surface area contributed by atoms with Gasteiger partial charge in [0.15, 0.2) is 6.10 Å². The molecule has 1 aromatic heterocycles. The minimum absolute atomic E-state index is 0.0268. The fourth-order valence-electron chi connectivity index (χ4n) is 6.31. The lowest BCUT2D eigenvalue weighted by Crippen LogP contribution is -2.44. The zero-order valence-electron chi connectivity index (χ0n) is 20.0. The molecule has 8 rings (SSSR count). The van der Waals surface area contributed by atoms with E-state index in [0.717, 1.165) is 27.9 Å². The zero-order valence-corrected chi connectivity index (χ0v) is 20.0. The van der Waals surface area contributed by atoms with Gasteiger partial charge in [-0.3, -0.25) is 4.79 Å². The van der Waals surface area contributed by atoms with E-state index in [1.54, 1.807) is 12.1 Å². The summed E-state index contributed by atoms with van der Waals surface area (Å²) in [6, 6.07) is 1.51. The number of rotatable bonds is 2. The Balaban J connectivity index is 1.20. The predicted molar refractivity (Wildman–Crippen MR) is 139 cm³/mol. The summed E-state index contributed by atoms with van der Waals surface area (Å²) in [4.78, 5) is 44.0. The minimum Gasteiger partial charge on any atom is -0.449 e. The molecule has 184 valence electrons. The average molecular weight is 501 g/mol. The monoisotopic (exact) mass is 500 g/mol. The van der Waals surface area contributed by atoms with E-state index in [2.05, 4.69) is 15.9 Å². The van der Waals surface area contributed by atoms with Gasteiger partial charge in [0.2, 0.25) is 5.78 Å². The van der Waals surface area contributed by atoms with E-state index < -0.39 is 23.5 Å². The summed E-state index contributed by atoms with van der Waals surface area (Å²) in [6.07, 6.45) is 27.1. The molecule has 0 spiro atoms. The lowest BCUT2D eigenvalue weighted by atomic mass is 9.78. The van der Waals surface area contributed by atoms with E-state index in [1.165, 1.54) is 0 Å². The van der Waals surface area contributed by atoms with Crippen LogP contribution in [0.25, 0.3) is 5.57 Å². The lowest BCUT2D eigenvalue weighted by Gasteiger charge is -2.42. The van der Waals surface area contributed by atoms with Crippen molar-refractivity contribution in [2.75, 3.05) is 0 Å². The van der Waals surface area contributed by atoms with Gasteiger partial charge in [-0.25, -0.2) is 9.59 Å². The third-order valence-electron chi connectivity index (χ3n) is 7.94. The molecule has 0 saturated carbocycles. The van der Waals surface area contributed by atoms with E-state index >= 15 is 0 Å². The molecule has 0 bridgehead atoms. The van der Waals surface area contributed by atoms with Gasteiger partial charge in [0.25, 0.3) is 0 Å². The van der Waals surface area contributed by atoms with E-state index in [0.29, 0.717) is 17.8 Å². The van der Waals surface area contributed by atoms with Crippen molar-refractivity contribution in [2.45, 2.75) is 24.6 Å². The van der Waals surface area contributed by atoms with Crippen LogP contribution in [0.5, 0.6) is 0 Å². The molecule has 0 fully saturated rings. The van der Waals surface area contributed by atoms with E-state index in [1.807, 2.05) is 73.4 Å². The quantitative estimate of drug-likeness (QED) is 0.347. The number of nitrogens with zero attached hydrogens (tertiary/aromatic N) is 2. The lowest BCUT2D eigenvalue weighted by molar-refractivity contribution is -0.141. The molecule has 0 N–H and O–H groups in total. The van der Waals surface area contributed by atoms with Gasteiger partial charge in [0.1, 0.15) is 16.9 Å². The number of allylic oxidation sites excluding steroid dienone is 8. The zero-order chi connectivity index (χ0) is 25.5. The summed E-state index contributed by atoms with van der Waals surface area (Å²) >= 11 is 0. The van der Waals surface area contributed by atoms with Gasteiger partial charge < -0.3 is 19.0 Å². The molecule has 0 saturated heterocycles. The SMILES string of the molecule is O=C1OC2C(=CC3=CC=CN4C=CC=C2C34)C=C1C(=O)c1cc2c(oc1=O)C1=CC=CN3C=CC=C(C2)C13. The van der Waals surface area contributed by atoms with Crippen LogP contribution in [0.1, 0.15) is 21.7 Å². The fraction of sp³-hybridized carbons (Fsp3) is 0.129. The molecule has 3 unspecified atom stereocenters. The summed E-state index contributed by atoms with van der Waals surface area (Å²) in [7, 11) is 0. The van der Waals surface area contributed by atoms with E-state index in [4.69, 9.17) is 9.15 Å². The summed E-state index contributed by atoms with van der Waals surface area (Å²) in [5.41, 5.74) is 4.33. The van der Waals surface area contributed by atoms with Crippen LogP contribution >= 0.6 is 0 Å². The first-order chi connectivity index (χ1) is 18.6. The second-order valence-electron chi connectivity index (χ2n) is 10.1. The van der Waals surface area contributed by atoms with Crippen LogP contribution < -0.4 is 5.63 Å². The first-order valence-electron chi connectivity index (χ1n) is 12.5. The number of ketones is 1. The van der Waals surface area contributed by atoms with Crippen LogP contribution in [0, 0.1) is 0 Å². The fourth-order valence-corrected chi connectivity index (χ4v) is 6.31. The Morgan fingerprint density at radius 1 is 0.842 bits per heavy atom. The number of carbonyl (C=O) groups is 2. The van der Waals surface area contributed by atoms with Crippen molar-refractivity contribution in [1.29, 1.82) is 0 Å². The Kier molecular flexibility index (Phi) is 4.21. The Morgan fingerprint density at radius 2 is 1.58 bits per heavy atom. The molecule has 7 nitrogen and oxygen atoms in total. The van der Waals surface area contributed by atoms with Crippen LogP contribution in [0.3, 0.4) is 0 Å². The van der Waals surface area contributed by atoms with Gasteiger partial charge >= 0.3 is 11.6 Å². The highest BCUT2D eigenvalue weighted by molar-refractivity contribution is 6.25. The van der Waals surface area contributed by atoms with Crippen molar-refractivity contribution in [3.05, 3.63) is 147 Å². The first kappa shape index (κ1) is 21.2. The van der Waals surface area contributed by atoms with Crippen molar-refractivity contribution in [3.8, 4) is 0 Å². The first-order valence-corrected chi connectivity index (χ1v) is 12.5. The highest BCUT2D eigenvalue weighted by atomic mass is 16.5. The summed E-state index contributed by atoms with van der Waals surface area (Å²) in [5, 5.41) is 0. The number of Topliss-reactive ketones (excluding diaryl/α,β-unsaturated/α-hetero) is 1. The maximum absolute atomic E-state index is 13.6. The predicted octanol–water partition coefficient (Wildman–Crippen LogP) is 3.78. The Morgan fingerprint density at radius 3 is 2.42 bits per heavy atom. The number of ether oxygens (including phenoxy) is 1. The Hall–Kier alpha value is -4.91. The Labute approximate surface area is 217 Å². The molecule has 0 aromatic carbocycles. The molecule has 6 heterocycles. The van der Waals surface area contributed by atoms with Crippen LogP contribution in [0.4, 0.5) is 0 Å². The summed E-state index contributed by atoms with van der Waals surface area (Å²) < 4.78 is 11.6. The molecular weight excluding hydrogens is 480 g/mol. The van der Waals surface area contributed by atoms with Crippen molar-refractivity contribution < 1.29 is 18.7 Å². The molecule has 7 heteroatoms. The molecule has 0 radical (unpaired) electrons. The summed E-state index contributed by atoms with van der Waals surface area (Å²) in [6.45, 7) is 0. The third-order valence-corrected chi connectivity index (χ3v) is 7.94. The molecule has 2 aliphatic carbocycles. The van der Waals surface area contributed by atoms with Gasteiger partial charge in [-0.2, -0.15) is 0 Å². The number of hydrogen-bond acceptors (Lipinski definition) is 7. The number of esters is 1. The minimum atomic E-state index is -0.765. The van der Waals surface area contributed by atoms with Crippen LogP contribution in [-0.2, 0) is 16.0 Å². The number of fused-ring (bicyclic) bond motifs is 4. The molecule has 0 amide bonds. The van der Waals surface area contributed by atoms with Crippen molar-refractivity contribution in [2.24, 2.45) is 0 Å². The van der Waals surface area contributed by atoms with Gasteiger partial charge in [-0.1, -0.05) is 24.3 Å². The van der Waals surface area contributed by atoms with Gasteiger partial charge in [0.05, 0.1) is 12.1 Å². The van der Waals surface area contributed by atoms with E-state index in [-0.39, 0.29) is 23.2 Å². The van der Waals surface area contributed by atoms with Gasteiger partial charge in [-0.15, -0.1) is 0 Å². The smallest absolute Gasteiger partial charge is 0.347 e. The maximum Gasteiger partial charge on any atom is 0.347 e. The third kappa shape index (κ3) is 2.87. The molecule has 38 heavy (non-hydrogen) atoms. The maximum atomic E-state index is 13.6. The van der Waals surface area contributed by atoms with Crippen LogP contribution in [0.15, 0.2) is 129 Å². The molecular formula is C31H20N2O5. The van der Waals surface area contributed by atoms with Crippen LogP contribution in [0.2, 0.25) is 0 Å². The molecule has 1 aromatic rings. The summed E-state index contributed by atoms with van der Waals surface area (Å²) in [5.74, 6) is -0.951. The van der Waals surface area contributed by atoms with Crippen molar-refractivity contribution in [1.82, 2.24) is 9.80 Å². The largest absolute Gasteiger partial charge is 0.449 e. The van der Waals surface area contributed by atoms with Crippen molar-refractivity contribution >= 4 is 17.3 Å². The normalized spacial score (nSPS) is 26.9. The topological polar surface area (TPSA) is 80.1 Å². The molecule has 3 atom stereocenters. The van der Waals surface area contributed by atoms with Gasteiger partial charge in [0, 0.05) is 41.5 Å². The highest BCUT2D eigenvalue weighted by Gasteiger charge is 2.42.